The van der Waals surface area contributed by atoms with Crippen molar-refractivity contribution in [1.82, 2.24) is 0 Å². The Morgan fingerprint density at radius 3 is 1.97 bits per heavy atom. The highest BCUT2D eigenvalue weighted by Gasteiger charge is 2.49. The van der Waals surface area contributed by atoms with Gasteiger partial charge in [-0.3, -0.25) is 0 Å². The van der Waals surface area contributed by atoms with Crippen molar-refractivity contribution in [2.75, 3.05) is 9.71 Å². The van der Waals surface area contributed by atoms with Crippen molar-refractivity contribution in [2.24, 2.45) is 0 Å². The Kier molecular flexibility index (Phi) is 9.51. The molecule has 9 aromatic carbocycles. The first kappa shape index (κ1) is 44.8. The summed E-state index contributed by atoms with van der Waals surface area (Å²) in [7, 11) is 0. The molecule has 0 saturated heterocycles. The van der Waals surface area contributed by atoms with Gasteiger partial charge in [-0.25, -0.2) is 0 Å². The predicted octanol–water partition coefficient (Wildman–Crippen LogP) is 18.9. The third-order valence-corrected chi connectivity index (χ3v) is 20.7. The third-order valence-electron chi connectivity index (χ3n) is 17.0. The zero-order valence-electron chi connectivity index (χ0n) is 43.1. The minimum atomic E-state index is -0.231. The first-order valence-corrected chi connectivity index (χ1v) is 28.7. The van der Waals surface area contributed by atoms with Gasteiger partial charge in [-0.1, -0.05) is 169 Å². The van der Waals surface area contributed by atoms with E-state index in [9.17, 15) is 0 Å². The van der Waals surface area contributed by atoms with Crippen LogP contribution in [0, 0.1) is 6.92 Å². The molecule has 5 heterocycles. The topological polar surface area (TPSA) is 19.6 Å². The summed E-state index contributed by atoms with van der Waals surface area (Å²) in [6.45, 7) is 19.0. The summed E-state index contributed by atoms with van der Waals surface area (Å²) in [6.07, 6.45) is 2.31. The maximum absolute atomic E-state index is 7.15. The van der Waals surface area contributed by atoms with E-state index in [1.165, 1.54) is 135 Å². The van der Waals surface area contributed by atoms with Gasteiger partial charge in [0.1, 0.15) is 11.2 Å². The number of nitrogens with zero attached hydrogens (tertiary/aromatic N) is 2. The first-order chi connectivity index (χ1) is 35.7. The van der Waals surface area contributed by atoms with Gasteiger partial charge in [0, 0.05) is 96.2 Å². The Morgan fingerprint density at radius 2 is 1.22 bits per heavy atom. The van der Waals surface area contributed by atoms with E-state index in [1.54, 1.807) is 0 Å². The number of hydrogen-bond donors (Lipinski definition) is 0. The lowest BCUT2D eigenvalue weighted by Gasteiger charge is -2.48. The van der Waals surface area contributed by atoms with Crippen molar-refractivity contribution in [3.05, 3.63) is 186 Å². The number of thiophene rings is 1. The van der Waals surface area contributed by atoms with Gasteiger partial charge in [-0.2, -0.15) is 0 Å². The van der Waals surface area contributed by atoms with Crippen LogP contribution < -0.4 is 20.6 Å². The normalized spacial score (nSPS) is 16.0. The summed E-state index contributed by atoms with van der Waals surface area (Å²) in [4.78, 5) is 10.7. The summed E-state index contributed by atoms with van der Waals surface area (Å²) in [5, 5.41) is 4.92. The quantitative estimate of drug-likeness (QED) is 0.164. The molecule has 0 saturated carbocycles. The average molecular weight is 1010 g/mol. The van der Waals surface area contributed by atoms with Gasteiger partial charge in [0.15, 0.2) is 0 Å². The van der Waals surface area contributed by atoms with Gasteiger partial charge in [-0.15, -0.1) is 11.3 Å². The largest absolute Gasteiger partial charge is 0.456 e. The van der Waals surface area contributed by atoms with E-state index in [4.69, 9.17) is 4.42 Å². The predicted molar refractivity (Wildman–Crippen MR) is 319 cm³/mol. The molecule has 11 aromatic rings. The van der Waals surface area contributed by atoms with Crippen LogP contribution in [0.3, 0.4) is 0 Å². The van der Waals surface area contributed by atoms with Gasteiger partial charge in [0.2, 0.25) is 0 Å². The summed E-state index contributed by atoms with van der Waals surface area (Å²) in [5.74, 6) is 0. The molecular formula is C67H55BN2OS3. The highest BCUT2D eigenvalue weighted by molar-refractivity contribution is 8.05. The molecule has 1 aliphatic carbocycles. The fourth-order valence-corrected chi connectivity index (χ4v) is 16.5. The molecule has 7 heteroatoms. The number of aryl methyl sites for hydroxylation is 1. The van der Waals surface area contributed by atoms with E-state index in [-0.39, 0.29) is 23.1 Å². The minimum absolute atomic E-state index is 0.0140. The van der Waals surface area contributed by atoms with Crippen LogP contribution in [-0.2, 0) is 16.2 Å². The lowest BCUT2D eigenvalue weighted by Crippen LogP contribution is -2.62. The van der Waals surface area contributed by atoms with Crippen LogP contribution in [-0.4, -0.2) is 6.85 Å². The van der Waals surface area contributed by atoms with Crippen LogP contribution in [0.15, 0.2) is 188 Å². The van der Waals surface area contributed by atoms with Gasteiger partial charge >= 0.3 is 6.85 Å². The van der Waals surface area contributed by atoms with Crippen LogP contribution in [0.4, 0.5) is 28.4 Å². The summed E-state index contributed by atoms with van der Waals surface area (Å²) < 4.78 is 9.74. The second kappa shape index (κ2) is 15.7. The highest BCUT2D eigenvalue weighted by Crippen LogP contribution is 2.58. The summed E-state index contributed by atoms with van der Waals surface area (Å²) in [5.41, 5.74) is 21.0. The number of fused-ring (bicyclic) bond motifs is 15. The van der Waals surface area contributed by atoms with E-state index < -0.39 is 0 Å². The first-order valence-electron chi connectivity index (χ1n) is 26.2. The molecule has 74 heavy (non-hydrogen) atoms. The molecule has 0 spiro atoms. The minimum Gasteiger partial charge on any atom is -0.456 e. The number of furan rings is 1. The number of benzene rings is 9. The van der Waals surface area contributed by atoms with Crippen LogP contribution in [0.5, 0.6) is 0 Å². The Bertz CT molecular complexity index is 4230. The molecule has 2 aromatic heterocycles. The Balaban J connectivity index is 1.14. The molecule has 0 fully saturated rings. The number of hydrogen-bond acceptors (Lipinski definition) is 6. The van der Waals surface area contributed by atoms with Gasteiger partial charge in [0.25, 0.3) is 0 Å². The third kappa shape index (κ3) is 6.42. The van der Waals surface area contributed by atoms with Crippen LogP contribution in [0.2, 0.25) is 0 Å². The Labute approximate surface area is 446 Å². The van der Waals surface area contributed by atoms with Crippen molar-refractivity contribution in [1.29, 1.82) is 0 Å². The van der Waals surface area contributed by atoms with Crippen LogP contribution >= 0.6 is 34.9 Å². The standard InChI is InChI=1S/C67H55BN2OS3/c1-38-32-45-46(67(7,8)31-30-66(45,5)6)34-49(38)69-50-37-59-58(73-55-24-16-17-25-56(55)74-59)35-47(50)68-63-51(69)36-53-60(41-20-12-14-22-52(41)71-53)62(63)43-27-29-57-61(42-21-13-15-23-54(42)72-57)64(43)70(68)48-28-26-40(65(2,3)4)33-44(48)39-18-10-9-11-19-39/h9-29,32-37H,30-31H2,1-8H3. The molecule has 3 aliphatic heterocycles. The Hall–Kier alpha value is -6.64. The lowest BCUT2D eigenvalue weighted by molar-refractivity contribution is 0.332. The maximum atomic E-state index is 7.15. The van der Waals surface area contributed by atoms with Crippen molar-refractivity contribution < 1.29 is 4.42 Å². The van der Waals surface area contributed by atoms with Gasteiger partial charge in [-0.05, 0) is 141 Å². The van der Waals surface area contributed by atoms with Crippen LogP contribution in [0.25, 0.3) is 64.4 Å². The van der Waals surface area contributed by atoms with Gasteiger partial charge in [0.05, 0.1) is 0 Å². The fourth-order valence-electron chi connectivity index (χ4n) is 13.1. The smallest absolute Gasteiger partial charge is 0.333 e. The molecule has 0 N–H and O–H groups in total. The molecule has 360 valence electrons. The van der Waals surface area contributed by atoms with E-state index >= 15 is 0 Å². The van der Waals surface area contributed by atoms with E-state index in [0.29, 0.717) is 0 Å². The van der Waals surface area contributed by atoms with E-state index in [2.05, 4.69) is 229 Å². The van der Waals surface area contributed by atoms with Crippen molar-refractivity contribution in [3.8, 4) is 22.3 Å². The molecule has 15 rings (SSSR count). The molecule has 0 unspecified atom stereocenters. The van der Waals surface area contributed by atoms with Crippen LogP contribution in [0.1, 0.15) is 83.6 Å². The number of para-hydroxylation sites is 1. The lowest BCUT2D eigenvalue weighted by atomic mass is 9.43. The van der Waals surface area contributed by atoms with Crippen molar-refractivity contribution in [2.45, 2.75) is 104 Å². The fraction of sp³-hybridized carbons (Fsp3) is 0.194. The summed E-state index contributed by atoms with van der Waals surface area (Å²) in [6, 6.07) is 62.8. The second-order valence-electron chi connectivity index (χ2n) is 23.5. The molecule has 0 atom stereocenters. The van der Waals surface area contributed by atoms with Crippen molar-refractivity contribution in [3.63, 3.8) is 0 Å². The van der Waals surface area contributed by atoms with Gasteiger partial charge < -0.3 is 14.1 Å². The zero-order chi connectivity index (χ0) is 50.2. The molecule has 0 bridgehead atoms. The van der Waals surface area contributed by atoms with Crippen molar-refractivity contribution >= 4 is 123 Å². The second-order valence-corrected chi connectivity index (χ2v) is 26.8. The highest BCUT2D eigenvalue weighted by atomic mass is 32.2. The molecule has 0 amide bonds. The Morgan fingerprint density at radius 1 is 0.541 bits per heavy atom. The summed E-state index contributed by atoms with van der Waals surface area (Å²) >= 11 is 5.73. The monoisotopic (exact) mass is 1010 g/mol. The zero-order valence-corrected chi connectivity index (χ0v) is 45.6. The molecule has 3 nitrogen and oxygen atoms in total. The molecular weight excluding hydrogens is 956 g/mol. The maximum Gasteiger partial charge on any atom is 0.333 e. The molecule has 4 aliphatic rings. The number of rotatable bonds is 3. The average Bonchev–Trinajstić information content (AvgIpc) is 4.01. The molecule has 0 radical (unpaired) electrons. The van der Waals surface area contributed by atoms with E-state index in [1.807, 2.05) is 34.9 Å². The SMILES string of the molecule is Cc1cc2c(cc1N1c3cc4c(cc3B3c5c1cc1oc6ccccc6c1c5-c1ccc5sc6ccccc6c5c1N3c1ccc(C(C)(C)C)cc1-c1ccccc1)Sc1ccccc1S4)C(C)(C)CCC2(C)C. The van der Waals surface area contributed by atoms with E-state index in [0.717, 1.165) is 23.0 Å². The number of anilines is 5.